The fourth-order valence-electron chi connectivity index (χ4n) is 5.39. The van der Waals surface area contributed by atoms with Crippen molar-refractivity contribution < 1.29 is 15.3 Å². The van der Waals surface area contributed by atoms with E-state index >= 15 is 0 Å². The van der Waals surface area contributed by atoms with Crippen molar-refractivity contribution in [1.82, 2.24) is 9.55 Å². The van der Waals surface area contributed by atoms with E-state index in [-0.39, 0.29) is 12.5 Å². The van der Waals surface area contributed by atoms with Crippen LogP contribution in [0.3, 0.4) is 0 Å². The molecule has 0 radical (unpaired) electrons. The lowest BCUT2D eigenvalue weighted by Crippen LogP contribution is -2.02. The molecule has 3 aromatic carbocycles. The van der Waals surface area contributed by atoms with Crippen molar-refractivity contribution in [3.63, 3.8) is 0 Å². The highest BCUT2D eigenvalue weighted by molar-refractivity contribution is 6.27. The van der Waals surface area contributed by atoms with Gasteiger partial charge in [-0.1, -0.05) is 30.3 Å². The standard InChI is InChI=1S/C26H24N2O3/c1-14(30)15-7-8-21-18(11-15)23-20-13-27-26(31)24(20)22-17-6-3-2-5-16(17)12-19(22)25(23)28(21)9-4-10-29/h2-3,5-8,11,13-14,27,29-31H,4,9-10,12H2,1H3. The third-order valence-corrected chi connectivity index (χ3v) is 6.73. The smallest absolute Gasteiger partial charge is 0.197 e. The van der Waals surface area contributed by atoms with E-state index in [1.165, 1.54) is 16.7 Å². The molecule has 1 aliphatic rings. The molecule has 0 spiro atoms. The zero-order valence-corrected chi connectivity index (χ0v) is 17.3. The number of nitrogens with one attached hydrogen (secondary N) is 1. The van der Waals surface area contributed by atoms with Crippen molar-refractivity contribution in [3.8, 4) is 17.0 Å². The number of benzene rings is 3. The lowest BCUT2D eigenvalue weighted by atomic mass is 9.95. The summed E-state index contributed by atoms with van der Waals surface area (Å²) < 4.78 is 2.31. The minimum Gasteiger partial charge on any atom is -0.494 e. The molecule has 5 aromatic rings. The summed E-state index contributed by atoms with van der Waals surface area (Å²) in [7, 11) is 0. The molecule has 5 heteroatoms. The summed E-state index contributed by atoms with van der Waals surface area (Å²) in [6.07, 6.45) is 2.80. The molecule has 1 unspecified atom stereocenters. The predicted molar refractivity (Wildman–Crippen MR) is 124 cm³/mol. The Labute approximate surface area is 179 Å². The topological polar surface area (TPSA) is 81.4 Å². The van der Waals surface area contributed by atoms with E-state index in [1.54, 1.807) is 6.92 Å². The number of aromatic nitrogens is 2. The fraction of sp³-hybridized carbons (Fsp3) is 0.231. The first-order valence-corrected chi connectivity index (χ1v) is 10.8. The van der Waals surface area contributed by atoms with Gasteiger partial charge in [0.2, 0.25) is 0 Å². The average molecular weight is 412 g/mol. The van der Waals surface area contributed by atoms with Crippen LogP contribution in [0.25, 0.3) is 43.7 Å². The number of aromatic hydroxyl groups is 1. The van der Waals surface area contributed by atoms with Crippen molar-refractivity contribution in [3.05, 3.63) is 65.4 Å². The van der Waals surface area contributed by atoms with Gasteiger partial charge in [-0.15, -0.1) is 0 Å². The van der Waals surface area contributed by atoms with Crippen molar-refractivity contribution in [2.24, 2.45) is 0 Å². The molecule has 5 nitrogen and oxygen atoms in total. The second-order valence-electron chi connectivity index (χ2n) is 8.52. The van der Waals surface area contributed by atoms with E-state index in [0.717, 1.165) is 50.1 Å². The first-order valence-electron chi connectivity index (χ1n) is 10.8. The monoisotopic (exact) mass is 412 g/mol. The van der Waals surface area contributed by atoms with Crippen molar-refractivity contribution >= 4 is 32.6 Å². The third kappa shape index (κ3) is 2.44. The van der Waals surface area contributed by atoms with Crippen LogP contribution in [-0.4, -0.2) is 31.5 Å². The summed E-state index contributed by atoms with van der Waals surface area (Å²) >= 11 is 0. The van der Waals surface area contributed by atoms with Gasteiger partial charge < -0.3 is 24.9 Å². The zero-order valence-electron chi connectivity index (χ0n) is 17.3. The summed E-state index contributed by atoms with van der Waals surface area (Å²) in [6.45, 7) is 2.61. The Hall–Kier alpha value is -3.28. The van der Waals surface area contributed by atoms with Gasteiger partial charge in [0.05, 0.1) is 17.0 Å². The van der Waals surface area contributed by atoms with Gasteiger partial charge in [-0.25, -0.2) is 0 Å². The lowest BCUT2D eigenvalue weighted by molar-refractivity contribution is 0.199. The quantitative estimate of drug-likeness (QED) is 0.329. The molecular weight excluding hydrogens is 388 g/mol. The first-order chi connectivity index (χ1) is 15.1. The number of aliphatic hydroxyl groups is 2. The summed E-state index contributed by atoms with van der Waals surface area (Å²) in [4.78, 5) is 3.04. The molecule has 0 saturated heterocycles. The number of hydrogen-bond donors (Lipinski definition) is 4. The molecule has 1 atom stereocenters. The molecule has 2 aromatic heterocycles. The van der Waals surface area contributed by atoms with Crippen LogP contribution in [0.2, 0.25) is 0 Å². The van der Waals surface area contributed by atoms with E-state index in [0.29, 0.717) is 13.0 Å². The van der Waals surface area contributed by atoms with Gasteiger partial charge in [0.25, 0.3) is 0 Å². The van der Waals surface area contributed by atoms with Crippen LogP contribution in [0.15, 0.2) is 48.7 Å². The minimum atomic E-state index is -0.561. The zero-order chi connectivity index (χ0) is 21.3. The molecular formula is C26H24N2O3. The number of nitrogens with zero attached hydrogens (tertiary/aromatic N) is 1. The van der Waals surface area contributed by atoms with E-state index < -0.39 is 6.10 Å². The highest BCUT2D eigenvalue weighted by Gasteiger charge is 2.29. The summed E-state index contributed by atoms with van der Waals surface area (Å²) in [5, 5.41) is 34.5. The molecule has 6 rings (SSSR count). The highest BCUT2D eigenvalue weighted by atomic mass is 16.3. The molecule has 4 N–H and O–H groups in total. The third-order valence-electron chi connectivity index (χ3n) is 6.73. The van der Waals surface area contributed by atoms with Crippen LogP contribution in [0.4, 0.5) is 0 Å². The number of H-pyrrole nitrogens is 1. The van der Waals surface area contributed by atoms with Gasteiger partial charge in [-0.3, -0.25) is 0 Å². The Morgan fingerprint density at radius 3 is 2.74 bits per heavy atom. The summed E-state index contributed by atoms with van der Waals surface area (Å²) in [6, 6.07) is 14.5. The van der Waals surface area contributed by atoms with Crippen LogP contribution < -0.4 is 0 Å². The molecule has 2 heterocycles. The van der Waals surface area contributed by atoms with Gasteiger partial charge in [-0.05, 0) is 47.7 Å². The SMILES string of the molecule is CC(O)c1ccc2c(c1)c1c3c[nH]c(O)c3c3c(c1n2CCCO)Cc1ccccc1-3. The van der Waals surface area contributed by atoms with Crippen molar-refractivity contribution in [2.75, 3.05) is 6.61 Å². The van der Waals surface area contributed by atoms with Crippen LogP contribution in [0, 0.1) is 0 Å². The Morgan fingerprint density at radius 2 is 1.94 bits per heavy atom. The Morgan fingerprint density at radius 1 is 1.10 bits per heavy atom. The number of aromatic amines is 1. The molecule has 0 amide bonds. The second-order valence-corrected chi connectivity index (χ2v) is 8.52. The minimum absolute atomic E-state index is 0.128. The van der Waals surface area contributed by atoms with Gasteiger partial charge in [0.1, 0.15) is 0 Å². The maximum Gasteiger partial charge on any atom is 0.197 e. The average Bonchev–Trinajstić information content (AvgIpc) is 3.43. The maximum atomic E-state index is 10.8. The maximum absolute atomic E-state index is 10.8. The molecule has 31 heavy (non-hydrogen) atoms. The molecule has 0 bridgehead atoms. The Kier molecular flexibility index (Phi) is 3.94. The highest BCUT2D eigenvalue weighted by Crippen LogP contribution is 2.50. The van der Waals surface area contributed by atoms with Crippen LogP contribution in [0.5, 0.6) is 5.88 Å². The summed E-state index contributed by atoms with van der Waals surface area (Å²) in [5.41, 5.74) is 7.85. The van der Waals surface area contributed by atoms with Crippen LogP contribution in [-0.2, 0) is 13.0 Å². The van der Waals surface area contributed by atoms with E-state index in [9.17, 15) is 15.3 Å². The van der Waals surface area contributed by atoms with E-state index in [4.69, 9.17) is 0 Å². The van der Waals surface area contributed by atoms with Gasteiger partial charge in [0.15, 0.2) is 5.88 Å². The second kappa shape index (κ2) is 6.61. The summed E-state index contributed by atoms with van der Waals surface area (Å²) in [5.74, 6) is 0.188. The Bertz CT molecular complexity index is 1490. The van der Waals surface area contributed by atoms with Crippen LogP contribution >= 0.6 is 0 Å². The molecule has 1 aliphatic carbocycles. The van der Waals surface area contributed by atoms with Crippen LogP contribution in [0.1, 0.15) is 36.1 Å². The molecule has 156 valence electrons. The van der Waals surface area contributed by atoms with Gasteiger partial charge in [0, 0.05) is 53.0 Å². The first kappa shape index (κ1) is 18.5. The number of aliphatic hydroxyl groups excluding tert-OH is 2. The number of rotatable bonds is 4. The number of aryl methyl sites for hydroxylation is 1. The normalized spacial score (nSPS) is 13.9. The van der Waals surface area contributed by atoms with Gasteiger partial charge >= 0.3 is 0 Å². The Balaban J connectivity index is 1.84. The predicted octanol–water partition coefficient (Wildman–Crippen LogP) is 4.99. The number of hydrogen-bond acceptors (Lipinski definition) is 3. The fourth-order valence-corrected chi connectivity index (χ4v) is 5.39. The van der Waals surface area contributed by atoms with E-state index in [2.05, 4.69) is 39.9 Å². The van der Waals surface area contributed by atoms with Crippen molar-refractivity contribution in [1.29, 1.82) is 0 Å². The molecule has 0 fully saturated rings. The largest absolute Gasteiger partial charge is 0.494 e. The van der Waals surface area contributed by atoms with Gasteiger partial charge in [-0.2, -0.15) is 0 Å². The van der Waals surface area contributed by atoms with E-state index in [1.807, 2.05) is 18.3 Å². The molecule has 0 saturated carbocycles. The number of fused-ring (bicyclic) bond motifs is 10. The van der Waals surface area contributed by atoms with Crippen molar-refractivity contribution in [2.45, 2.75) is 32.4 Å². The molecule has 0 aliphatic heterocycles. The lowest BCUT2D eigenvalue weighted by Gasteiger charge is -2.12.